The van der Waals surface area contributed by atoms with Crippen molar-refractivity contribution in [3.8, 4) is 11.1 Å². The molecule has 3 aromatic rings. The molecule has 172 valence electrons. The van der Waals surface area contributed by atoms with Crippen LogP contribution in [0.5, 0.6) is 0 Å². The lowest BCUT2D eigenvalue weighted by Crippen LogP contribution is -2.30. The normalized spacial score (nSPS) is 20.9. The number of aromatic nitrogens is 1. The van der Waals surface area contributed by atoms with Crippen molar-refractivity contribution < 1.29 is 18.3 Å². The van der Waals surface area contributed by atoms with Crippen LogP contribution in [-0.4, -0.2) is 42.0 Å². The van der Waals surface area contributed by atoms with Crippen molar-refractivity contribution in [2.24, 2.45) is 0 Å². The van der Waals surface area contributed by atoms with E-state index in [2.05, 4.69) is 11.1 Å². The number of nitrogen functional groups attached to an aromatic ring is 1. The second-order valence-electron chi connectivity index (χ2n) is 9.05. The summed E-state index contributed by atoms with van der Waals surface area (Å²) in [6.45, 7) is 3.37. The zero-order valence-corrected chi connectivity index (χ0v) is 18.6. The molecule has 5 rings (SSSR count). The highest BCUT2D eigenvalue weighted by molar-refractivity contribution is 5.88. The van der Waals surface area contributed by atoms with Gasteiger partial charge in [-0.3, -0.25) is 4.79 Å². The number of halogens is 2. The summed E-state index contributed by atoms with van der Waals surface area (Å²) in [5.41, 5.74) is 11.0. The van der Waals surface area contributed by atoms with Gasteiger partial charge in [-0.1, -0.05) is 24.3 Å². The third-order valence-electron chi connectivity index (χ3n) is 7.00. The first-order chi connectivity index (χ1) is 15.9. The number of rotatable bonds is 4. The fourth-order valence-electron chi connectivity index (χ4n) is 5.32. The maximum absolute atomic E-state index is 14.9. The lowest BCUT2D eigenvalue weighted by atomic mass is 9.87. The van der Waals surface area contributed by atoms with Crippen molar-refractivity contribution in [3.05, 3.63) is 59.2 Å². The smallest absolute Gasteiger partial charge is 0.273 e. The third-order valence-corrected chi connectivity index (χ3v) is 7.00. The highest BCUT2D eigenvalue weighted by Crippen LogP contribution is 2.47. The Morgan fingerprint density at radius 1 is 1.15 bits per heavy atom. The molecule has 0 radical (unpaired) electrons. The summed E-state index contributed by atoms with van der Waals surface area (Å²) >= 11 is 0. The van der Waals surface area contributed by atoms with Gasteiger partial charge in [0.25, 0.3) is 5.92 Å². The van der Waals surface area contributed by atoms with Crippen LogP contribution in [0.25, 0.3) is 22.0 Å². The second kappa shape index (κ2) is 8.37. The SMILES string of the molecule is Cc1cccc(C2N(C=O)CCC2(F)F)c1-c1ccc2nc(N)c(C3CCOCC3)cc2c1. The molecule has 1 amide bonds. The van der Waals surface area contributed by atoms with Crippen LogP contribution in [0.4, 0.5) is 14.6 Å². The molecular formula is C26H27F2N3O2. The quantitative estimate of drug-likeness (QED) is 0.552. The molecule has 5 nitrogen and oxygen atoms in total. The van der Waals surface area contributed by atoms with Crippen LogP contribution >= 0.6 is 0 Å². The summed E-state index contributed by atoms with van der Waals surface area (Å²) in [7, 11) is 0. The largest absolute Gasteiger partial charge is 0.383 e. The number of alkyl halides is 2. The topological polar surface area (TPSA) is 68.5 Å². The van der Waals surface area contributed by atoms with Gasteiger partial charge >= 0.3 is 0 Å². The zero-order valence-electron chi connectivity index (χ0n) is 18.6. The molecule has 33 heavy (non-hydrogen) atoms. The Kier molecular flexibility index (Phi) is 5.52. The zero-order chi connectivity index (χ0) is 23.2. The Morgan fingerprint density at radius 2 is 1.94 bits per heavy atom. The van der Waals surface area contributed by atoms with E-state index in [4.69, 9.17) is 10.5 Å². The van der Waals surface area contributed by atoms with E-state index < -0.39 is 12.0 Å². The van der Waals surface area contributed by atoms with Gasteiger partial charge in [0.1, 0.15) is 11.9 Å². The Labute approximate surface area is 191 Å². The minimum atomic E-state index is -2.98. The summed E-state index contributed by atoms with van der Waals surface area (Å²) < 4.78 is 35.2. The van der Waals surface area contributed by atoms with Crippen molar-refractivity contribution >= 4 is 23.1 Å². The Hall–Kier alpha value is -3.06. The molecule has 1 aromatic heterocycles. The first-order valence-corrected chi connectivity index (χ1v) is 11.4. The van der Waals surface area contributed by atoms with Gasteiger partial charge in [-0.05, 0) is 71.7 Å². The predicted octanol–water partition coefficient (Wildman–Crippen LogP) is 5.22. The molecule has 2 saturated heterocycles. The van der Waals surface area contributed by atoms with Crippen LogP contribution in [0.2, 0.25) is 0 Å². The molecule has 7 heteroatoms. The molecule has 0 aliphatic carbocycles. The number of benzene rings is 2. The number of aryl methyl sites for hydroxylation is 1. The van der Waals surface area contributed by atoms with Gasteiger partial charge in [-0.25, -0.2) is 13.8 Å². The number of fused-ring (bicyclic) bond motifs is 1. The number of nitrogens with two attached hydrogens (primary N) is 1. The van der Waals surface area contributed by atoms with Gasteiger partial charge in [0.2, 0.25) is 6.41 Å². The molecule has 2 N–H and O–H groups in total. The standard InChI is InChI=1S/C26H27F2N3O2/c1-16-3-2-4-20(24-26(27,28)9-10-31(24)15-32)23(16)18-5-6-22-19(13-18)14-21(25(29)30-22)17-7-11-33-12-8-17/h2-6,13-15,17,24H,7-12H2,1H3,(H2,29,30). The first kappa shape index (κ1) is 21.8. The Balaban J connectivity index is 1.64. The van der Waals surface area contributed by atoms with Crippen LogP contribution in [0.1, 0.15) is 47.9 Å². The summed E-state index contributed by atoms with van der Waals surface area (Å²) in [6.07, 6.45) is 2.00. The van der Waals surface area contributed by atoms with E-state index in [9.17, 15) is 13.6 Å². The lowest BCUT2D eigenvalue weighted by molar-refractivity contribution is -0.122. The van der Waals surface area contributed by atoms with Gasteiger partial charge < -0.3 is 15.4 Å². The van der Waals surface area contributed by atoms with E-state index in [1.165, 1.54) is 4.90 Å². The molecule has 3 heterocycles. The van der Waals surface area contributed by atoms with Crippen LogP contribution in [0.15, 0.2) is 42.5 Å². The Bertz CT molecular complexity index is 1210. The molecule has 1 atom stereocenters. The fourth-order valence-corrected chi connectivity index (χ4v) is 5.32. The Morgan fingerprint density at radius 3 is 2.70 bits per heavy atom. The number of hydrogen-bond donors (Lipinski definition) is 1. The number of carbonyl (C=O) groups is 1. The number of anilines is 1. The molecule has 2 fully saturated rings. The number of carbonyl (C=O) groups excluding carboxylic acids is 1. The number of hydrogen-bond acceptors (Lipinski definition) is 4. The van der Waals surface area contributed by atoms with Crippen LogP contribution in [-0.2, 0) is 9.53 Å². The number of likely N-dealkylation sites (tertiary alicyclic amines) is 1. The van der Waals surface area contributed by atoms with E-state index >= 15 is 0 Å². The average molecular weight is 452 g/mol. The van der Waals surface area contributed by atoms with Gasteiger partial charge in [-0.15, -0.1) is 0 Å². The van der Waals surface area contributed by atoms with E-state index in [1.54, 1.807) is 12.1 Å². The molecule has 0 bridgehead atoms. The maximum Gasteiger partial charge on any atom is 0.273 e. The van der Waals surface area contributed by atoms with Gasteiger partial charge in [0.05, 0.1) is 5.52 Å². The number of ether oxygens (including phenoxy) is 1. The minimum absolute atomic E-state index is 0.0456. The van der Waals surface area contributed by atoms with Gasteiger partial charge in [0, 0.05) is 31.6 Å². The highest BCUT2D eigenvalue weighted by atomic mass is 19.3. The number of pyridine rings is 1. The monoisotopic (exact) mass is 451 g/mol. The van der Waals surface area contributed by atoms with Crippen molar-refractivity contribution in [2.45, 2.75) is 44.1 Å². The summed E-state index contributed by atoms with van der Waals surface area (Å²) in [6, 6.07) is 12.0. The van der Waals surface area contributed by atoms with E-state index in [0.29, 0.717) is 36.9 Å². The van der Waals surface area contributed by atoms with Crippen LogP contribution < -0.4 is 5.73 Å². The second-order valence-corrected chi connectivity index (χ2v) is 9.05. The molecular weight excluding hydrogens is 424 g/mol. The molecule has 2 aromatic carbocycles. The molecule has 0 saturated carbocycles. The third kappa shape index (κ3) is 3.84. The molecule has 1 unspecified atom stereocenters. The molecule has 2 aliphatic heterocycles. The van der Waals surface area contributed by atoms with Crippen LogP contribution in [0, 0.1) is 6.92 Å². The van der Waals surface area contributed by atoms with Crippen molar-refractivity contribution in [2.75, 3.05) is 25.5 Å². The summed E-state index contributed by atoms with van der Waals surface area (Å²) in [5, 5.41) is 0.919. The van der Waals surface area contributed by atoms with Gasteiger partial charge in [-0.2, -0.15) is 0 Å². The predicted molar refractivity (Wildman–Crippen MR) is 124 cm³/mol. The highest BCUT2D eigenvalue weighted by Gasteiger charge is 2.50. The van der Waals surface area contributed by atoms with E-state index in [-0.39, 0.29) is 13.0 Å². The first-order valence-electron chi connectivity index (χ1n) is 11.4. The van der Waals surface area contributed by atoms with Crippen LogP contribution in [0.3, 0.4) is 0 Å². The van der Waals surface area contributed by atoms with Gasteiger partial charge in [0.15, 0.2) is 0 Å². The van der Waals surface area contributed by atoms with Crippen molar-refractivity contribution in [1.82, 2.24) is 9.88 Å². The fraction of sp³-hybridized carbons (Fsp3) is 0.385. The maximum atomic E-state index is 14.9. The summed E-state index contributed by atoms with van der Waals surface area (Å²) in [4.78, 5) is 17.4. The minimum Gasteiger partial charge on any atom is -0.383 e. The molecule has 0 spiro atoms. The lowest BCUT2D eigenvalue weighted by Gasteiger charge is -2.28. The number of amides is 1. The molecule has 2 aliphatic rings. The summed E-state index contributed by atoms with van der Waals surface area (Å²) in [5.74, 6) is -2.15. The van der Waals surface area contributed by atoms with Crippen molar-refractivity contribution in [1.29, 1.82) is 0 Å². The van der Waals surface area contributed by atoms with E-state index in [1.807, 2.05) is 31.2 Å². The average Bonchev–Trinajstić information content (AvgIpc) is 3.12. The van der Waals surface area contributed by atoms with Crippen molar-refractivity contribution in [3.63, 3.8) is 0 Å². The number of nitrogens with zero attached hydrogens (tertiary/aromatic N) is 2. The van der Waals surface area contributed by atoms with E-state index in [0.717, 1.165) is 46.0 Å².